The predicted octanol–water partition coefficient (Wildman–Crippen LogP) is 16.9. The maximum absolute atomic E-state index is 11.2. The number of ether oxygens (including phenoxy) is 2. The van der Waals surface area contributed by atoms with Gasteiger partial charge in [0.2, 0.25) is 11.8 Å². The van der Waals surface area contributed by atoms with Crippen LogP contribution in [0.15, 0.2) is 0 Å². The van der Waals surface area contributed by atoms with Gasteiger partial charge in [-0.15, -0.1) is 0 Å². The molecule has 7 unspecified atom stereocenters. The van der Waals surface area contributed by atoms with Crippen LogP contribution in [0.4, 0.5) is 0 Å². The summed E-state index contributed by atoms with van der Waals surface area (Å²) in [7, 11) is 0. The zero-order valence-corrected chi connectivity index (χ0v) is 49.6. The molecular weight excluding hydrogens is 821 g/mol. The Kier molecular flexibility index (Phi) is 65.9. The van der Waals surface area contributed by atoms with E-state index in [2.05, 4.69) is 142 Å². The third-order valence-corrected chi connectivity index (χ3v) is 13.6. The molecule has 0 saturated heterocycles. The molecule has 0 aromatic carbocycles. The van der Waals surface area contributed by atoms with E-state index in [1.807, 2.05) is 13.8 Å². The van der Waals surface area contributed by atoms with Crippen LogP contribution in [0, 0.1) is 52.8 Å². The van der Waals surface area contributed by atoms with Crippen LogP contribution in [-0.2, 0) is 28.7 Å². The topological polar surface area (TPSA) is 111 Å². The van der Waals surface area contributed by atoms with Gasteiger partial charge in [0.1, 0.15) is 0 Å². The fourth-order valence-electron chi connectivity index (χ4n) is 6.17. The Hall–Kier alpha value is -1.96. The van der Waals surface area contributed by atoms with Crippen LogP contribution in [0.2, 0.25) is 0 Å². The molecule has 0 aliphatic carbocycles. The SMILES string of the molecule is CC.CC(=O)NCCCCC(NC(C)=O)C(C)=O.CCC(C)C(C)C(C)C.CCC(C)CC.CCC(C)CCC(C)CC(C)CC.CCC(C)COC(C)=O.CCOCC(CC)(CC)CC. The maximum Gasteiger partial charge on any atom is 0.302 e. The number of unbranched alkanes of at least 4 members (excludes halogenated alkanes) is 1. The van der Waals surface area contributed by atoms with Crippen molar-refractivity contribution in [3.05, 3.63) is 0 Å². The third kappa shape index (κ3) is 60.1. The lowest BCUT2D eigenvalue weighted by Crippen LogP contribution is -2.38. The molecule has 0 spiro atoms. The van der Waals surface area contributed by atoms with Gasteiger partial charge in [-0.05, 0) is 112 Å². The second-order valence-electron chi connectivity index (χ2n) is 19.7. The molecule has 0 heterocycles. The van der Waals surface area contributed by atoms with Crippen molar-refractivity contribution in [2.45, 2.75) is 275 Å². The van der Waals surface area contributed by atoms with Crippen molar-refractivity contribution >= 4 is 23.6 Å². The molecule has 0 fully saturated rings. The van der Waals surface area contributed by atoms with Crippen molar-refractivity contribution in [1.82, 2.24) is 10.6 Å². The minimum Gasteiger partial charge on any atom is -0.466 e. The molecule has 7 atom stereocenters. The molecule has 0 rings (SSSR count). The normalized spacial score (nSPS) is 13.6. The van der Waals surface area contributed by atoms with Crippen LogP contribution in [0.25, 0.3) is 0 Å². The van der Waals surface area contributed by atoms with Crippen LogP contribution in [0.3, 0.4) is 0 Å². The second kappa shape index (κ2) is 55.6. The number of carbonyl (C=O) groups excluding carboxylic acids is 4. The minimum absolute atomic E-state index is 0.0327. The monoisotopic (exact) mass is 945 g/mol. The van der Waals surface area contributed by atoms with Crippen LogP contribution in [-0.4, -0.2) is 56.0 Å². The Balaban J connectivity index is -0.000000128. The number of Topliss-reactive ketones (excluding diaryl/α,β-unsaturated/α-hetero) is 1. The molecule has 8 heteroatoms. The van der Waals surface area contributed by atoms with Gasteiger partial charge < -0.3 is 20.1 Å². The summed E-state index contributed by atoms with van der Waals surface area (Å²) >= 11 is 0. The zero-order valence-electron chi connectivity index (χ0n) is 49.6. The number of ketones is 1. The Morgan fingerprint density at radius 1 is 0.530 bits per heavy atom. The highest BCUT2D eigenvalue weighted by Crippen LogP contribution is 2.30. The molecule has 0 aliphatic rings. The number of rotatable bonds is 28. The fourth-order valence-corrected chi connectivity index (χ4v) is 6.17. The molecule has 0 aromatic rings. The number of esters is 1. The Morgan fingerprint density at radius 2 is 0.985 bits per heavy atom. The number of carbonyl (C=O) groups is 4. The van der Waals surface area contributed by atoms with Crippen LogP contribution in [0.1, 0.15) is 269 Å². The smallest absolute Gasteiger partial charge is 0.302 e. The Labute approximate surface area is 416 Å². The van der Waals surface area contributed by atoms with Crippen molar-refractivity contribution in [1.29, 1.82) is 0 Å². The van der Waals surface area contributed by atoms with E-state index in [4.69, 9.17) is 9.47 Å². The van der Waals surface area contributed by atoms with Gasteiger partial charge in [0, 0.05) is 33.9 Å². The molecule has 0 aromatic heterocycles. The van der Waals surface area contributed by atoms with Gasteiger partial charge in [0.05, 0.1) is 19.3 Å². The van der Waals surface area contributed by atoms with E-state index in [1.54, 1.807) is 0 Å². The number of nitrogens with one attached hydrogen (secondary N) is 2. The molecule has 0 bridgehead atoms. The largest absolute Gasteiger partial charge is 0.466 e. The first-order chi connectivity index (χ1) is 30.8. The number of hydrogen-bond acceptors (Lipinski definition) is 6. The molecule has 2 amide bonds. The van der Waals surface area contributed by atoms with Gasteiger partial charge in [0.15, 0.2) is 5.78 Å². The van der Waals surface area contributed by atoms with Gasteiger partial charge >= 0.3 is 5.97 Å². The quantitative estimate of drug-likeness (QED) is 0.0597. The first-order valence-corrected chi connectivity index (χ1v) is 27.6. The molecule has 2 N–H and O–H groups in total. The van der Waals surface area contributed by atoms with E-state index in [0.29, 0.717) is 30.9 Å². The summed E-state index contributed by atoms with van der Waals surface area (Å²) in [5, 5.41) is 5.28. The van der Waals surface area contributed by atoms with Gasteiger partial charge in [-0.2, -0.15) is 0 Å². The van der Waals surface area contributed by atoms with Crippen molar-refractivity contribution in [3.8, 4) is 0 Å². The van der Waals surface area contributed by atoms with E-state index in [1.165, 1.54) is 98.3 Å². The van der Waals surface area contributed by atoms with Gasteiger partial charge in [0.25, 0.3) is 0 Å². The first kappa shape index (κ1) is 78.2. The molecular formula is C58H124N2O6. The van der Waals surface area contributed by atoms with Crippen molar-refractivity contribution in [2.24, 2.45) is 52.8 Å². The average Bonchev–Trinajstić information content (AvgIpc) is 3.30. The third-order valence-electron chi connectivity index (χ3n) is 13.6. The Bertz CT molecular complexity index is 1020. The predicted molar refractivity (Wildman–Crippen MR) is 293 cm³/mol. The molecule has 8 nitrogen and oxygen atoms in total. The highest BCUT2D eigenvalue weighted by atomic mass is 16.5. The zero-order chi connectivity index (χ0) is 53.3. The number of amides is 2. The molecule has 66 heavy (non-hydrogen) atoms. The summed E-state index contributed by atoms with van der Waals surface area (Å²) in [6.45, 7) is 55.7. The highest BCUT2D eigenvalue weighted by molar-refractivity contribution is 5.86. The van der Waals surface area contributed by atoms with Gasteiger partial charge in [-0.1, -0.05) is 190 Å². The standard InChI is InChI=1S/C13H28.C11H20N2O3.C10H22O.C9H20.C7H14O2.C6H14.C2H6/c1-6-11(3)8-9-13(5)10-12(4)7-2;1-8(14)11(13-10(3)16)6-4-5-7-12-9(2)15;1-5-10(6-2,7-3)9-11-8-4;1-6-8(4)9(5)7(2)3;1-4-6(2)5-9-7(3)8;1-4-6(3)5-2;1-2/h11-13H,6-10H2,1-5H3;11H,4-7H2,1-3H3,(H,12,15)(H,13,16);5-9H2,1-4H3;7-9H,6H2,1-5H3;6H,4-5H2,1-3H3;6H,4-5H2,1-3H3;1-2H3. The second-order valence-corrected chi connectivity index (χ2v) is 19.7. The molecule has 0 aliphatic heterocycles. The fraction of sp³-hybridized carbons (Fsp3) is 0.931. The molecule has 0 saturated carbocycles. The lowest BCUT2D eigenvalue weighted by atomic mass is 9.81. The summed E-state index contributed by atoms with van der Waals surface area (Å²) in [4.78, 5) is 42.8. The average molecular weight is 946 g/mol. The lowest BCUT2D eigenvalue weighted by Gasteiger charge is -2.29. The van der Waals surface area contributed by atoms with E-state index < -0.39 is 6.04 Å². The highest BCUT2D eigenvalue weighted by Gasteiger charge is 2.23. The first-order valence-electron chi connectivity index (χ1n) is 27.6. The van der Waals surface area contributed by atoms with Crippen molar-refractivity contribution in [2.75, 3.05) is 26.4 Å². The Morgan fingerprint density at radius 3 is 1.29 bits per heavy atom. The number of hydrogen-bond donors (Lipinski definition) is 2. The van der Waals surface area contributed by atoms with Crippen LogP contribution < -0.4 is 10.6 Å². The lowest BCUT2D eigenvalue weighted by molar-refractivity contribution is -0.142. The maximum atomic E-state index is 11.2. The summed E-state index contributed by atoms with van der Waals surface area (Å²) < 4.78 is 10.2. The van der Waals surface area contributed by atoms with E-state index >= 15 is 0 Å². The van der Waals surface area contributed by atoms with Crippen LogP contribution in [0.5, 0.6) is 0 Å². The van der Waals surface area contributed by atoms with Gasteiger partial charge in [-0.3, -0.25) is 19.2 Å². The minimum atomic E-state index is -0.394. The summed E-state index contributed by atoms with van der Waals surface area (Å²) in [5.74, 6) is 6.38. The van der Waals surface area contributed by atoms with E-state index in [9.17, 15) is 19.2 Å². The van der Waals surface area contributed by atoms with Crippen molar-refractivity contribution in [3.63, 3.8) is 0 Å². The molecule has 402 valence electrons. The summed E-state index contributed by atoms with van der Waals surface area (Å²) in [6, 6.07) is -0.394. The van der Waals surface area contributed by atoms with E-state index in [0.717, 1.165) is 73.9 Å². The van der Waals surface area contributed by atoms with Crippen LogP contribution >= 0.6 is 0 Å². The van der Waals surface area contributed by atoms with E-state index in [-0.39, 0.29) is 23.6 Å². The molecule has 0 radical (unpaired) electrons. The summed E-state index contributed by atoms with van der Waals surface area (Å²) in [6.07, 6.45) is 17.9. The van der Waals surface area contributed by atoms with Crippen molar-refractivity contribution < 1.29 is 28.7 Å². The van der Waals surface area contributed by atoms with Gasteiger partial charge in [-0.25, -0.2) is 0 Å². The summed E-state index contributed by atoms with van der Waals surface area (Å²) in [5.41, 5.74) is 0.454.